The standard InChI is InChI=1S/C23H22BrN5O3/c24-17-2-1-3-18(12-17)29-13-16(11-21(29)30)23(32)28-8-6-27(7-9-28)22(31)15-4-5-19-20(10-15)26-14-25-19/h1-5,10,12,14,16H,6-9,11,13H2,(H,25,26). The van der Waals surface area contributed by atoms with Crippen LogP contribution < -0.4 is 4.90 Å². The van der Waals surface area contributed by atoms with Crippen molar-refractivity contribution in [2.24, 2.45) is 5.92 Å². The number of aromatic amines is 1. The summed E-state index contributed by atoms with van der Waals surface area (Å²) in [5.74, 6) is -0.455. The second-order valence-corrected chi connectivity index (χ2v) is 9.05. The largest absolute Gasteiger partial charge is 0.345 e. The third kappa shape index (κ3) is 3.88. The van der Waals surface area contributed by atoms with Crippen LogP contribution in [0.3, 0.4) is 0 Å². The highest BCUT2D eigenvalue weighted by Crippen LogP contribution is 2.28. The van der Waals surface area contributed by atoms with E-state index in [9.17, 15) is 14.4 Å². The number of aromatic nitrogens is 2. The highest BCUT2D eigenvalue weighted by molar-refractivity contribution is 9.10. The zero-order valence-electron chi connectivity index (χ0n) is 17.3. The van der Waals surface area contributed by atoms with Crippen LogP contribution in [-0.4, -0.2) is 70.2 Å². The molecule has 0 aliphatic carbocycles. The number of hydrogen-bond acceptors (Lipinski definition) is 4. The first-order valence-corrected chi connectivity index (χ1v) is 11.4. The molecule has 2 aliphatic heterocycles. The smallest absolute Gasteiger partial charge is 0.254 e. The fourth-order valence-corrected chi connectivity index (χ4v) is 4.79. The number of nitrogens with zero attached hydrogens (tertiary/aromatic N) is 4. The maximum absolute atomic E-state index is 13.1. The van der Waals surface area contributed by atoms with Crippen LogP contribution in [0.25, 0.3) is 11.0 Å². The van der Waals surface area contributed by atoms with Crippen molar-refractivity contribution in [3.05, 3.63) is 58.8 Å². The van der Waals surface area contributed by atoms with Crippen LogP contribution in [0.4, 0.5) is 5.69 Å². The van der Waals surface area contributed by atoms with Gasteiger partial charge in [0.05, 0.1) is 23.3 Å². The molecule has 2 fully saturated rings. The number of anilines is 1. The lowest BCUT2D eigenvalue weighted by Gasteiger charge is -2.36. The topological polar surface area (TPSA) is 89.6 Å². The van der Waals surface area contributed by atoms with Crippen molar-refractivity contribution in [2.75, 3.05) is 37.6 Å². The zero-order chi connectivity index (χ0) is 22.2. The van der Waals surface area contributed by atoms with Crippen LogP contribution in [-0.2, 0) is 9.59 Å². The molecule has 3 aromatic rings. The Bertz CT molecular complexity index is 1200. The Kier molecular flexibility index (Phi) is 5.42. The Morgan fingerprint density at radius 1 is 1.03 bits per heavy atom. The van der Waals surface area contributed by atoms with E-state index in [1.165, 1.54) is 0 Å². The van der Waals surface area contributed by atoms with Gasteiger partial charge in [-0.25, -0.2) is 4.98 Å². The number of benzene rings is 2. The fourth-order valence-electron chi connectivity index (χ4n) is 4.41. The molecule has 9 heteroatoms. The molecule has 1 atom stereocenters. The van der Waals surface area contributed by atoms with Crippen LogP contribution in [0.1, 0.15) is 16.8 Å². The normalized spacial score (nSPS) is 19.1. The summed E-state index contributed by atoms with van der Waals surface area (Å²) in [5.41, 5.74) is 3.04. The van der Waals surface area contributed by atoms with E-state index in [1.807, 2.05) is 36.4 Å². The molecule has 0 radical (unpaired) electrons. The van der Waals surface area contributed by atoms with Gasteiger partial charge >= 0.3 is 0 Å². The molecule has 2 saturated heterocycles. The lowest BCUT2D eigenvalue weighted by molar-refractivity contribution is -0.137. The average Bonchev–Trinajstić information content (AvgIpc) is 3.44. The van der Waals surface area contributed by atoms with Gasteiger partial charge in [-0.3, -0.25) is 14.4 Å². The molecule has 0 spiro atoms. The molecule has 1 aromatic heterocycles. The van der Waals surface area contributed by atoms with Gasteiger partial charge in [-0.1, -0.05) is 22.0 Å². The number of fused-ring (bicyclic) bond motifs is 1. The van der Waals surface area contributed by atoms with Gasteiger partial charge in [0.25, 0.3) is 5.91 Å². The monoisotopic (exact) mass is 495 g/mol. The molecule has 1 unspecified atom stereocenters. The number of hydrogen-bond donors (Lipinski definition) is 1. The van der Waals surface area contributed by atoms with Crippen LogP contribution in [0, 0.1) is 5.92 Å². The van der Waals surface area contributed by atoms with E-state index < -0.39 is 0 Å². The van der Waals surface area contributed by atoms with Crippen molar-refractivity contribution >= 4 is 50.4 Å². The molecular weight excluding hydrogens is 474 g/mol. The number of rotatable bonds is 3. The Hall–Kier alpha value is -3.20. The molecule has 2 aromatic carbocycles. The minimum atomic E-state index is -0.355. The summed E-state index contributed by atoms with van der Waals surface area (Å²) in [6, 6.07) is 13.0. The summed E-state index contributed by atoms with van der Waals surface area (Å²) in [7, 11) is 0. The average molecular weight is 496 g/mol. The fraction of sp³-hybridized carbons (Fsp3) is 0.304. The maximum atomic E-state index is 13.1. The van der Waals surface area contributed by atoms with Gasteiger partial charge in [-0.2, -0.15) is 0 Å². The van der Waals surface area contributed by atoms with Gasteiger partial charge in [-0.05, 0) is 36.4 Å². The van der Waals surface area contributed by atoms with Crippen molar-refractivity contribution in [1.82, 2.24) is 19.8 Å². The van der Waals surface area contributed by atoms with Crippen molar-refractivity contribution in [3.8, 4) is 0 Å². The first kappa shape index (κ1) is 20.7. The molecule has 164 valence electrons. The summed E-state index contributed by atoms with van der Waals surface area (Å²) in [6.07, 6.45) is 1.82. The number of carbonyl (C=O) groups is 3. The van der Waals surface area contributed by atoms with Gasteiger partial charge < -0.3 is 19.7 Å². The molecule has 0 saturated carbocycles. The number of nitrogens with one attached hydrogen (secondary N) is 1. The Labute approximate surface area is 193 Å². The Morgan fingerprint density at radius 2 is 1.81 bits per heavy atom. The van der Waals surface area contributed by atoms with Crippen LogP contribution in [0.2, 0.25) is 0 Å². The van der Waals surface area contributed by atoms with Crippen LogP contribution in [0.5, 0.6) is 0 Å². The van der Waals surface area contributed by atoms with Crippen molar-refractivity contribution < 1.29 is 14.4 Å². The lowest BCUT2D eigenvalue weighted by atomic mass is 10.1. The van der Waals surface area contributed by atoms with Gasteiger partial charge in [-0.15, -0.1) is 0 Å². The predicted octanol–water partition coefficient (Wildman–Crippen LogP) is 2.66. The number of piperazine rings is 1. The Morgan fingerprint density at radius 3 is 2.59 bits per heavy atom. The number of H-pyrrole nitrogens is 1. The minimum absolute atomic E-state index is 0.0122. The van der Waals surface area contributed by atoms with Crippen molar-refractivity contribution in [2.45, 2.75) is 6.42 Å². The lowest BCUT2D eigenvalue weighted by Crippen LogP contribution is -2.52. The van der Waals surface area contributed by atoms with E-state index in [4.69, 9.17) is 0 Å². The second kappa shape index (κ2) is 8.38. The molecule has 5 rings (SSSR count). The molecule has 1 N–H and O–H groups in total. The number of halogens is 1. The third-order valence-corrected chi connectivity index (χ3v) is 6.63. The first-order valence-electron chi connectivity index (χ1n) is 10.6. The molecular formula is C23H22BrN5O3. The van der Waals surface area contributed by atoms with E-state index in [-0.39, 0.29) is 30.1 Å². The molecule has 2 aliphatic rings. The number of carbonyl (C=O) groups excluding carboxylic acids is 3. The van der Waals surface area contributed by atoms with E-state index in [1.54, 1.807) is 27.1 Å². The molecule has 3 heterocycles. The summed E-state index contributed by atoms with van der Waals surface area (Å²) in [5, 5.41) is 0. The predicted molar refractivity (Wildman–Crippen MR) is 123 cm³/mol. The number of amides is 3. The summed E-state index contributed by atoms with van der Waals surface area (Å²) >= 11 is 3.43. The van der Waals surface area contributed by atoms with Gasteiger partial charge in [0.15, 0.2) is 0 Å². The Balaban J connectivity index is 1.20. The van der Waals surface area contributed by atoms with Gasteiger partial charge in [0.2, 0.25) is 11.8 Å². The van der Waals surface area contributed by atoms with E-state index in [2.05, 4.69) is 25.9 Å². The molecule has 32 heavy (non-hydrogen) atoms. The summed E-state index contributed by atoms with van der Waals surface area (Å²) in [6.45, 7) is 2.28. The van der Waals surface area contributed by atoms with E-state index in [0.29, 0.717) is 38.3 Å². The SMILES string of the molecule is O=C(c1ccc2nc[nH]c2c1)N1CCN(C(=O)C2CC(=O)N(c3cccc(Br)c3)C2)CC1. The summed E-state index contributed by atoms with van der Waals surface area (Å²) < 4.78 is 0.894. The summed E-state index contributed by atoms with van der Waals surface area (Å²) in [4.78, 5) is 50.9. The number of imidazole rings is 1. The van der Waals surface area contributed by atoms with E-state index in [0.717, 1.165) is 21.2 Å². The zero-order valence-corrected chi connectivity index (χ0v) is 18.9. The van der Waals surface area contributed by atoms with Crippen molar-refractivity contribution in [3.63, 3.8) is 0 Å². The highest BCUT2D eigenvalue weighted by atomic mass is 79.9. The quantitative estimate of drug-likeness (QED) is 0.604. The van der Waals surface area contributed by atoms with E-state index >= 15 is 0 Å². The van der Waals surface area contributed by atoms with Crippen molar-refractivity contribution in [1.29, 1.82) is 0 Å². The third-order valence-electron chi connectivity index (χ3n) is 6.14. The van der Waals surface area contributed by atoms with Crippen LogP contribution >= 0.6 is 15.9 Å². The minimum Gasteiger partial charge on any atom is -0.345 e. The first-order chi connectivity index (χ1) is 15.5. The second-order valence-electron chi connectivity index (χ2n) is 8.14. The van der Waals surface area contributed by atoms with Crippen LogP contribution in [0.15, 0.2) is 53.3 Å². The molecule has 3 amide bonds. The molecule has 0 bridgehead atoms. The maximum Gasteiger partial charge on any atom is 0.254 e. The van der Waals surface area contributed by atoms with Gasteiger partial charge in [0, 0.05) is 54.9 Å². The highest BCUT2D eigenvalue weighted by Gasteiger charge is 2.38. The van der Waals surface area contributed by atoms with Gasteiger partial charge in [0.1, 0.15) is 0 Å². The molecule has 8 nitrogen and oxygen atoms in total.